The average molecular weight is 354 g/mol. The highest BCUT2D eigenvalue weighted by Crippen LogP contribution is 2.28. The summed E-state index contributed by atoms with van der Waals surface area (Å²) in [6.45, 7) is 2.50. The lowest BCUT2D eigenvalue weighted by Gasteiger charge is -2.13. The first-order chi connectivity index (χ1) is 10.0. The quantitative estimate of drug-likeness (QED) is 0.856. The number of anilines is 1. The third-order valence-corrected chi connectivity index (χ3v) is 3.81. The summed E-state index contributed by atoms with van der Waals surface area (Å²) in [5, 5.41) is 3.23. The van der Waals surface area contributed by atoms with Gasteiger partial charge < -0.3 is 14.8 Å². The van der Waals surface area contributed by atoms with Crippen molar-refractivity contribution in [1.82, 2.24) is 0 Å². The second-order valence-corrected chi connectivity index (χ2v) is 5.48. The molecule has 0 fully saturated rings. The third-order valence-electron chi connectivity index (χ3n) is 3.20. The largest absolute Gasteiger partial charge is 0.493 e. The van der Waals surface area contributed by atoms with Crippen molar-refractivity contribution in [1.29, 1.82) is 0 Å². The van der Waals surface area contributed by atoms with E-state index in [1.54, 1.807) is 20.3 Å². The van der Waals surface area contributed by atoms with Crippen LogP contribution in [0.3, 0.4) is 0 Å². The van der Waals surface area contributed by atoms with Crippen LogP contribution in [0.1, 0.15) is 11.1 Å². The Bertz CT molecular complexity index is 646. The highest BCUT2D eigenvalue weighted by Gasteiger charge is 2.07. The molecular formula is C16H17BrFNO2. The fourth-order valence-electron chi connectivity index (χ4n) is 2.02. The van der Waals surface area contributed by atoms with Crippen molar-refractivity contribution in [3.8, 4) is 11.5 Å². The number of halogens is 2. The first-order valence-corrected chi connectivity index (χ1v) is 7.25. The Hall–Kier alpha value is -1.75. The molecule has 0 aliphatic carbocycles. The summed E-state index contributed by atoms with van der Waals surface area (Å²) in [7, 11) is 3.20. The number of methoxy groups -OCH3 is 2. The minimum Gasteiger partial charge on any atom is -0.493 e. The Kier molecular flexibility index (Phi) is 5.07. The topological polar surface area (TPSA) is 30.5 Å². The highest BCUT2D eigenvalue weighted by molar-refractivity contribution is 9.10. The average Bonchev–Trinajstić information content (AvgIpc) is 2.49. The molecule has 0 heterocycles. The van der Waals surface area contributed by atoms with E-state index in [1.165, 1.54) is 6.07 Å². The second-order valence-electron chi connectivity index (χ2n) is 4.62. The van der Waals surface area contributed by atoms with E-state index in [0.717, 1.165) is 16.8 Å². The molecule has 21 heavy (non-hydrogen) atoms. The second kappa shape index (κ2) is 6.80. The number of aryl methyl sites for hydroxylation is 1. The van der Waals surface area contributed by atoms with Gasteiger partial charge >= 0.3 is 0 Å². The molecule has 0 saturated heterocycles. The van der Waals surface area contributed by atoms with Crippen molar-refractivity contribution in [2.24, 2.45) is 0 Å². The SMILES string of the molecule is COc1ccc(CNc2cc(F)c(Br)cc2C)cc1OC. The number of hydrogen-bond donors (Lipinski definition) is 1. The molecule has 2 aromatic rings. The number of rotatable bonds is 5. The minimum atomic E-state index is -0.282. The molecule has 0 aromatic heterocycles. The summed E-state index contributed by atoms with van der Waals surface area (Å²) in [5.41, 5.74) is 2.77. The van der Waals surface area contributed by atoms with Crippen molar-refractivity contribution in [2.45, 2.75) is 13.5 Å². The van der Waals surface area contributed by atoms with Crippen LogP contribution in [-0.4, -0.2) is 14.2 Å². The number of ether oxygens (including phenoxy) is 2. The van der Waals surface area contributed by atoms with Gasteiger partial charge in [-0.05, 0) is 58.2 Å². The first kappa shape index (κ1) is 15.6. The summed E-state index contributed by atoms with van der Waals surface area (Å²) in [6.07, 6.45) is 0. The molecule has 2 aromatic carbocycles. The Balaban J connectivity index is 2.15. The van der Waals surface area contributed by atoms with Gasteiger partial charge in [-0.3, -0.25) is 0 Å². The van der Waals surface area contributed by atoms with Crippen LogP contribution in [0.15, 0.2) is 34.8 Å². The lowest BCUT2D eigenvalue weighted by Crippen LogP contribution is -2.02. The monoisotopic (exact) mass is 353 g/mol. The summed E-state index contributed by atoms with van der Waals surface area (Å²) in [4.78, 5) is 0. The van der Waals surface area contributed by atoms with Crippen molar-refractivity contribution in [2.75, 3.05) is 19.5 Å². The molecule has 0 aliphatic rings. The molecule has 0 radical (unpaired) electrons. The van der Waals surface area contributed by atoms with Crippen molar-refractivity contribution >= 4 is 21.6 Å². The molecule has 5 heteroatoms. The van der Waals surface area contributed by atoms with Gasteiger partial charge in [0.25, 0.3) is 0 Å². The normalized spacial score (nSPS) is 10.3. The molecule has 112 valence electrons. The van der Waals surface area contributed by atoms with Crippen molar-refractivity contribution in [3.05, 3.63) is 51.7 Å². The lowest BCUT2D eigenvalue weighted by molar-refractivity contribution is 0.354. The lowest BCUT2D eigenvalue weighted by atomic mass is 10.1. The smallest absolute Gasteiger partial charge is 0.161 e. The Morgan fingerprint density at radius 2 is 1.81 bits per heavy atom. The van der Waals surface area contributed by atoms with E-state index in [4.69, 9.17) is 9.47 Å². The molecule has 0 saturated carbocycles. The first-order valence-electron chi connectivity index (χ1n) is 6.45. The zero-order chi connectivity index (χ0) is 15.4. The van der Waals surface area contributed by atoms with Gasteiger partial charge in [-0.25, -0.2) is 4.39 Å². The highest BCUT2D eigenvalue weighted by atomic mass is 79.9. The number of nitrogens with one attached hydrogen (secondary N) is 1. The van der Waals surface area contributed by atoms with Crippen LogP contribution < -0.4 is 14.8 Å². The maximum atomic E-state index is 13.6. The van der Waals surface area contributed by atoms with Crippen LogP contribution >= 0.6 is 15.9 Å². The van der Waals surface area contributed by atoms with Gasteiger partial charge in [0.15, 0.2) is 11.5 Å². The van der Waals surface area contributed by atoms with Crippen LogP contribution in [0.4, 0.5) is 10.1 Å². The minimum absolute atomic E-state index is 0.282. The van der Waals surface area contributed by atoms with Crippen LogP contribution in [0.5, 0.6) is 11.5 Å². The zero-order valence-electron chi connectivity index (χ0n) is 12.2. The third kappa shape index (κ3) is 3.67. The summed E-state index contributed by atoms with van der Waals surface area (Å²) < 4.78 is 24.5. The molecule has 1 N–H and O–H groups in total. The van der Waals surface area contributed by atoms with Gasteiger partial charge in [0, 0.05) is 12.2 Å². The summed E-state index contributed by atoms with van der Waals surface area (Å²) in [5.74, 6) is 1.08. The zero-order valence-corrected chi connectivity index (χ0v) is 13.8. The standard InChI is InChI=1S/C16H17BrFNO2/c1-10-6-12(17)13(18)8-14(10)19-9-11-4-5-15(20-2)16(7-11)21-3/h4-8,19H,9H2,1-3H3. The van der Waals surface area contributed by atoms with E-state index in [0.29, 0.717) is 22.5 Å². The fraction of sp³-hybridized carbons (Fsp3) is 0.250. The predicted octanol–water partition coefficient (Wildman–Crippen LogP) is 4.53. The molecular weight excluding hydrogens is 337 g/mol. The fourth-order valence-corrected chi connectivity index (χ4v) is 2.48. The molecule has 0 spiro atoms. The number of benzene rings is 2. The van der Waals surface area contributed by atoms with E-state index in [-0.39, 0.29) is 5.82 Å². The van der Waals surface area contributed by atoms with Gasteiger partial charge in [-0.2, -0.15) is 0 Å². The Labute approximate surface area is 132 Å². The Morgan fingerprint density at radius 3 is 2.48 bits per heavy atom. The van der Waals surface area contributed by atoms with Crippen LogP contribution in [0.25, 0.3) is 0 Å². The van der Waals surface area contributed by atoms with E-state index >= 15 is 0 Å². The molecule has 0 unspecified atom stereocenters. The van der Waals surface area contributed by atoms with Gasteiger partial charge in [-0.1, -0.05) is 6.07 Å². The van der Waals surface area contributed by atoms with Gasteiger partial charge in [0.2, 0.25) is 0 Å². The van der Waals surface area contributed by atoms with Crippen LogP contribution in [0, 0.1) is 12.7 Å². The van der Waals surface area contributed by atoms with E-state index < -0.39 is 0 Å². The molecule has 0 atom stereocenters. The van der Waals surface area contributed by atoms with Crippen molar-refractivity contribution < 1.29 is 13.9 Å². The van der Waals surface area contributed by atoms with Crippen LogP contribution in [0.2, 0.25) is 0 Å². The molecule has 0 aliphatic heterocycles. The molecule has 3 nitrogen and oxygen atoms in total. The summed E-state index contributed by atoms with van der Waals surface area (Å²) >= 11 is 3.18. The van der Waals surface area contributed by atoms with Gasteiger partial charge in [-0.15, -0.1) is 0 Å². The summed E-state index contributed by atoms with van der Waals surface area (Å²) in [6, 6.07) is 8.94. The van der Waals surface area contributed by atoms with E-state index in [2.05, 4.69) is 21.2 Å². The van der Waals surface area contributed by atoms with Crippen LogP contribution in [-0.2, 0) is 6.54 Å². The molecule has 0 amide bonds. The maximum Gasteiger partial charge on any atom is 0.161 e. The van der Waals surface area contributed by atoms with E-state index in [9.17, 15) is 4.39 Å². The van der Waals surface area contributed by atoms with Gasteiger partial charge in [0.05, 0.1) is 18.7 Å². The van der Waals surface area contributed by atoms with Crippen molar-refractivity contribution in [3.63, 3.8) is 0 Å². The Morgan fingerprint density at radius 1 is 1.10 bits per heavy atom. The molecule has 2 rings (SSSR count). The van der Waals surface area contributed by atoms with E-state index in [1.807, 2.05) is 25.1 Å². The van der Waals surface area contributed by atoms with Gasteiger partial charge in [0.1, 0.15) is 5.82 Å². The predicted molar refractivity (Wildman–Crippen MR) is 85.7 cm³/mol. The number of hydrogen-bond acceptors (Lipinski definition) is 3. The maximum absolute atomic E-state index is 13.6. The molecule has 0 bridgehead atoms.